The van der Waals surface area contributed by atoms with Gasteiger partial charge in [-0.15, -0.1) is 0 Å². The molecule has 0 aromatic heterocycles. The van der Waals surface area contributed by atoms with E-state index in [2.05, 4.69) is 53.8 Å². The number of rotatable bonds is 19. The Hall–Kier alpha value is -0.0400. The molecule has 0 spiro atoms. The Morgan fingerprint density at radius 1 is 0.552 bits per heavy atom. The number of unbranched alkanes of at least 4 members (excludes halogenated alkanes) is 15. The molecule has 0 amide bonds. The lowest BCUT2D eigenvalue weighted by Gasteiger charge is -2.27. The summed E-state index contributed by atoms with van der Waals surface area (Å²) in [4.78, 5) is 0. The lowest BCUT2D eigenvalue weighted by molar-refractivity contribution is 0.253. The maximum absolute atomic E-state index is 3.64. The SMILES string of the molecule is CCC.CCCCCCCCCCCCCCCCCCNCC(C)C(C)(C)C. The van der Waals surface area contributed by atoms with Crippen molar-refractivity contribution < 1.29 is 0 Å². The van der Waals surface area contributed by atoms with E-state index in [-0.39, 0.29) is 0 Å². The molecule has 0 aliphatic rings. The van der Waals surface area contributed by atoms with Gasteiger partial charge < -0.3 is 5.32 Å². The monoisotopic (exact) mass is 411 g/mol. The largest absolute Gasteiger partial charge is 0.316 e. The third kappa shape index (κ3) is 28.0. The van der Waals surface area contributed by atoms with Crippen molar-refractivity contribution in [2.45, 2.75) is 158 Å². The van der Waals surface area contributed by atoms with Crippen molar-refractivity contribution in [3.63, 3.8) is 0 Å². The summed E-state index contributed by atoms with van der Waals surface area (Å²) in [7, 11) is 0. The fourth-order valence-electron chi connectivity index (χ4n) is 3.42. The Bertz CT molecular complexity index is 279. The van der Waals surface area contributed by atoms with Crippen LogP contribution in [0.25, 0.3) is 0 Å². The Labute approximate surface area is 187 Å². The summed E-state index contributed by atoms with van der Waals surface area (Å²) in [6.07, 6.45) is 24.4. The van der Waals surface area contributed by atoms with Gasteiger partial charge in [0.15, 0.2) is 0 Å². The van der Waals surface area contributed by atoms with Crippen molar-refractivity contribution in [1.29, 1.82) is 0 Å². The van der Waals surface area contributed by atoms with Crippen LogP contribution in [0.2, 0.25) is 0 Å². The maximum Gasteiger partial charge on any atom is -0.00182 e. The van der Waals surface area contributed by atoms with Crippen LogP contribution in [0.5, 0.6) is 0 Å². The highest BCUT2D eigenvalue weighted by Gasteiger charge is 2.18. The molecular weight excluding hydrogens is 350 g/mol. The second kappa shape index (κ2) is 24.2. The predicted molar refractivity (Wildman–Crippen MR) is 137 cm³/mol. The highest BCUT2D eigenvalue weighted by Crippen LogP contribution is 2.24. The standard InChI is InChI=1S/C25H53N.C3H8/c1-6-7-8-9-10-11-12-13-14-15-16-17-18-19-20-21-22-26-23-24(2)25(3,4)5;1-3-2/h24,26H,6-23H2,1-5H3;3H2,1-2H3. The van der Waals surface area contributed by atoms with E-state index < -0.39 is 0 Å². The second-order valence-corrected chi connectivity index (χ2v) is 10.5. The highest BCUT2D eigenvalue weighted by molar-refractivity contribution is 4.71. The third-order valence-corrected chi connectivity index (χ3v) is 6.14. The van der Waals surface area contributed by atoms with Crippen molar-refractivity contribution in [1.82, 2.24) is 5.32 Å². The number of nitrogens with one attached hydrogen (secondary N) is 1. The molecule has 1 atom stereocenters. The summed E-state index contributed by atoms with van der Waals surface area (Å²) < 4.78 is 0. The Morgan fingerprint density at radius 3 is 1.17 bits per heavy atom. The van der Waals surface area contributed by atoms with Crippen LogP contribution in [0.1, 0.15) is 158 Å². The van der Waals surface area contributed by atoms with Crippen LogP contribution in [0, 0.1) is 11.3 Å². The molecule has 0 aromatic carbocycles. The lowest BCUT2D eigenvalue weighted by Crippen LogP contribution is -2.30. The first-order valence-corrected chi connectivity index (χ1v) is 13.6. The summed E-state index contributed by atoms with van der Waals surface area (Å²) in [6.45, 7) is 18.3. The fraction of sp³-hybridized carbons (Fsp3) is 1.00. The molecule has 1 unspecified atom stereocenters. The fourth-order valence-corrected chi connectivity index (χ4v) is 3.42. The van der Waals surface area contributed by atoms with E-state index in [4.69, 9.17) is 0 Å². The third-order valence-electron chi connectivity index (χ3n) is 6.14. The molecule has 0 aliphatic heterocycles. The van der Waals surface area contributed by atoms with Gasteiger partial charge in [0.2, 0.25) is 0 Å². The molecular formula is C28H61N. The van der Waals surface area contributed by atoms with Gasteiger partial charge >= 0.3 is 0 Å². The van der Waals surface area contributed by atoms with Crippen molar-refractivity contribution in [3.8, 4) is 0 Å². The maximum atomic E-state index is 3.64. The van der Waals surface area contributed by atoms with E-state index >= 15 is 0 Å². The molecule has 0 fully saturated rings. The van der Waals surface area contributed by atoms with Crippen molar-refractivity contribution >= 4 is 0 Å². The summed E-state index contributed by atoms with van der Waals surface area (Å²) in [5.41, 5.74) is 0.432. The summed E-state index contributed by atoms with van der Waals surface area (Å²) in [6, 6.07) is 0. The van der Waals surface area contributed by atoms with Gasteiger partial charge in [-0.05, 0) is 30.8 Å². The number of hydrogen-bond acceptors (Lipinski definition) is 1. The first-order valence-electron chi connectivity index (χ1n) is 13.6. The van der Waals surface area contributed by atoms with E-state index in [9.17, 15) is 0 Å². The van der Waals surface area contributed by atoms with E-state index in [0.717, 1.165) is 5.92 Å². The van der Waals surface area contributed by atoms with Gasteiger partial charge in [0, 0.05) is 0 Å². The van der Waals surface area contributed by atoms with Gasteiger partial charge in [-0.3, -0.25) is 0 Å². The minimum absolute atomic E-state index is 0.432. The molecule has 0 aromatic rings. The van der Waals surface area contributed by atoms with Gasteiger partial charge in [-0.2, -0.15) is 0 Å². The highest BCUT2D eigenvalue weighted by atomic mass is 14.9. The second-order valence-electron chi connectivity index (χ2n) is 10.5. The van der Waals surface area contributed by atoms with Crippen LogP contribution in [-0.4, -0.2) is 13.1 Å². The molecule has 1 nitrogen and oxygen atoms in total. The quantitative estimate of drug-likeness (QED) is 0.208. The van der Waals surface area contributed by atoms with Crippen LogP contribution >= 0.6 is 0 Å². The average Bonchev–Trinajstić information content (AvgIpc) is 2.66. The van der Waals surface area contributed by atoms with E-state index in [1.54, 1.807) is 0 Å². The van der Waals surface area contributed by atoms with Crippen molar-refractivity contribution in [2.75, 3.05) is 13.1 Å². The molecule has 0 saturated heterocycles. The van der Waals surface area contributed by atoms with Crippen molar-refractivity contribution in [3.05, 3.63) is 0 Å². The van der Waals surface area contributed by atoms with Crippen LogP contribution in [-0.2, 0) is 0 Å². The summed E-state index contributed by atoms with van der Waals surface area (Å²) in [5.74, 6) is 0.753. The van der Waals surface area contributed by atoms with E-state index in [0.29, 0.717) is 5.41 Å². The molecule has 0 rings (SSSR count). The van der Waals surface area contributed by atoms with Gasteiger partial charge in [-0.25, -0.2) is 0 Å². The minimum atomic E-state index is 0.432. The van der Waals surface area contributed by atoms with Gasteiger partial charge in [0.05, 0.1) is 0 Å². The zero-order chi connectivity index (χ0) is 22.2. The molecule has 1 heteroatoms. The Kier molecular flexibility index (Phi) is 26.0. The normalized spacial score (nSPS) is 12.5. The Morgan fingerprint density at radius 2 is 0.862 bits per heavy atom. The molecule has 1 N–H and O–H groups in total. The predicted octanol–water partition coefficient (Wildman–Crippen LogP) is 9.94. The molecule has 0 radical (unpaired) electrons. The molecule has 0 heterocycles. The zero-order valence-corrected chi connectivity index (χ0v) is 22.0. The van der Waals surface area contributed by atoms with Crippen LogP contribution < -0.4 is 5.32 Å². The zero-order valence-electron chi connectivity index (χ0n) is 22.0. The first-order chi connectivity index (χ1) is 13.9. The van der Waals surface area contributed by atoms with Crippen LogP contribution in [0.4, 0.5) is 0 Å². The van der Waals surface area contributed by atoms with Crippen LogP contribution in [0.15, 0.2) is 0 Å². The Balaban J connectivity index is 0. The van der Waals surface area contributed by atoms with E-state index in [1.165, 1.54) is 122 Å². The molecule has 0 saturated carbocycles. The summed E-state index contributed by atoms with van der Waals surface area (Å²) in [5, 5.41) is 3.64. The molecule has 0 bridgehead atoms. The van der Waals surface area contributed by atoms with E-state index in [1.807, 2.05) is 0 Å². The van der Waals surface area contributed by atoms with Crippen LogP contribution in [0.3, 0.4) is 0 Å². The molecule has 0 aliphatic carbocycles. The first kappa shape index (κ1) is 31.1. The minimum Gasteiger partial charge on any atom is -0.316 e. The smallest absolute Gasteiger partial charge is 0.00182 e. The summed E-state index contributed by atoms with van der Waals surface area (Å²) >= 11 is 0. The lowest BCUT2D eigenvalue weighted by atomic mass is 9.82. The molecule has 29 heavy (non-hydrogen) atoms. The molecule has 178 valence electrons. The number of hydrogen-bond donors (Lipinski definition) is 1. The topological polar surface area (TPSA) is 12.0 Å². The van der Waals surface area contributed by atoms with Gasteiger partial charge in [0.25, 0.3) is 0 Å². The van der Waals surface area contributed by atoms with Gasteiger partial charge in [0.1, 0.15) is 0 Å². The van der Waals surface area contributed by atoms with Crippen molar-refractivity contribution in [2.24, 2.45) is 11.3 Å². The average molecular weight is 412 g/mol. The van der Waals surface area contributed by atoms with Gasteiger partial charge in [-0.1, -0.05) is 151 Å².